The molecule has 3 aliphatic rings. The molecule has 860 valence electrons. The first-order valence-electron chi connectivity index (χ1n) is 57.1. The second-order valence-electron chi connectivity index (χ2n) is 70.5. The van der Waals surface area contributed by atoms with Crippen molar-refractivity contribution in [1.82, 2.24) is 4.90 Å². The maximum atomic E-state index is 14.1. The fourth-order valence-electron chi connectivity index (χ4n) is 24.3. The van der Waals surface area contributed by atoms with E-state index in [9.17, 15) is 9.18 Å². The molecule has 2 aliphatic carbocycles. The Hall–Kier alpha value is -2.19. The molecule has 1 aromatic carbocycles. The Morgan fingerprint density at radius 2 is 0.643 bits per heavy atom. The molecule has 0 unspecified atom stereocenters. The number of carbonyl (C=O) groups excluding carboxylic acids is 1. The van der Waals surface area contributed by atoms with Gasteiger partial charge in [0.05, 0.1) is 24.5 Å². The molecule has 1 aromatic rings. The van der Waals surface area contributed by atoms with Crippen LogP contribution in [0.3, 0.4) is 0 Å². The predicted octanol–water partition coefficient (Wildman–Crippen LogP) is 45.9. The van der Waals surface area contributed by atoms with Crippen LogP contribution >= 0.6 is 0 Å². The SMILES string of the molecule is C=C(C(C)(C)C)C(C)(C)C.CC(C)(C)C(=C1CCCC1)C(C)(C)C.CC(C)(C)C(=Nc1ccccc1)C(C)(C)C.CC(C)(C)C(=O)C(C)(C)C.CC(C)(C)C(C)(C)C(C)(C)C.CC(C)(C)C(C)(F)C(C)(C)C.CC(C)(C)C(C1CCCCC1)C(C)(C)C.CC(C)(C)C1(C(C)(C)C)OCCO1.CC(C)(C)CC(C)(C)C.CC(C)(C)CC(C)(C)C.CCOC(C)(C(C)(C)C)C(C)(C)C.CN(C)C(C(C)(C)C)C(C)(C)C. The molecular weight excluding hydrogens is 1740 g/mol. The van der Waals surface area contributed by atoms with Gasteiger partial charge < -0.3 is 19.1 Å². The maximum Gasteiger partial charge on any atom is 0.178 e. The van der Waals surface area contributed by atoms with Crippen molar-refractivity contribution in [2.75, 3.05) is 33.9 Å². The first-order chi connectivity index (χ1) is 61.2. The molecule has 2 saturated carbocycles. The van der Waals surface area contributed by atoms with Crippen molar-refractivity contribution < 1.29 is 23.4 Å². The quantitative estimate of drug-likeness (QED) is 0.217. The van der Waals surface area contributed by atoms with E-state index in [1.165, 1.54) is 81.9 Å². The summed E-state index contributed by atoms with van der Waals surface area (Å²) >= 11 is 0. The van der Waals surface area contributed by atoms with Crippen LogP contribution in [0, 0.1) is 147 Å². The molecule has 0 aromatic heterocycles. The van der Waals surface area contributed by atoms with E-state index in [-0.39, 0.29) is 70.6 Å². The molecule has 1 heterocycles. The zero-order chi connectivity index (χ0) is 118. The minimum Gasteiger partial charge on any atom is -0.374 e. The summed E-state index contributed by atoms with van der Waals surface area (Å²) in [4.78, 5) is 18.6. The summed E-state index contributed by atoms with van der Waals surface area (Å²) in [6, 6.07) is 10.8. The van der Waals surface area contributed by atoms with Crippen molar-refractivity contribution in [3.8, 4) is 0 Å². The van der Waals surface area contributed by atoms with Crippen LogP contribution in [0.1, 0.15) is 604 Å². The van der Waals surface area contributed by atoms with Crippen molar-refractivity contribution in [2.24, 2.45) is 152 Å². The van der Waals surface area contributed by atoms with Crippen molar-refractivity contribution in [1.29, 1.82) is 0 Å². The Labute approximate surface area is 906 Å². The van der Waals surface area contributed by atoms with E-state index in [0.29, 0.717) is 95.4 Å². The summed E-state index contributed by atoms with van der Waals surface area (Å²) in [6.45, 7) is 177. The van der Waals surface area contributed by atoms with E-state index in [1.54, 1.807) is 18.1 Å². The van der Waals surface area contributed by atoms with Gasteiger partial charge in [0, 0.05) is 50.9 Å². The molecule has 6 nitrogen and oxygen atoms in total. The molecule has 0 N–H and O–H groups in total. The summed E-state index contributed by atoms with van der Waals surface area (Å²) in [5.41, 5.74) is 11.4. The summed E-state index contributed by atoms with van der Waals surface area (Å²) in [6.07, 6.45) is 15.4. The Balaban J connectivity index is -0.000000233. The zero-order valence-corrected chi connectivity index (χ0v) is 114. The van der Waals surface area contributed by atoms with E-state index < -0.39 is 11.5 Å². The second-order valence-corrected chi connectivity index (χ2v) is 70.5. The van der Waals surface area contributed by atoms with Crippen molar-refractivity contribution >= 4 is 17.2 Å². The molecule has 3 fully saturated rings. The fourth-order valence-corrected chi connectivity index (χ4v) is 24.3. The minimum absolute atomic E-state index is 0.0156. The number of hydrogen-bond acceptors (Lipinski definition) is 6. The molecule has 0 bridgehead atoms. The largest absolute Gasteiger partial charge is 0.374 e. The normalized spacial score (nSPS) is 16.1. The van der Waals surface area contributed by atoms with E-state index in [4.69, 9.17) is 19.2 Å². The molecule has 143 heavy (non-hydrogen) atoms. The van der Waals surface area contributed by atoms with E-state index in [2.05, 4.69) is 481 Å². The highest BCUT2D eigenvalue weighted by Gasteiger charge is 2.56. The van der Waals surface area contributed by atoms with Gasteiger partial charge >= 0.3 is 0 Å². The number of alkyl halides is 1. The lowest BCUT2D eigenvalue weighted by Crippen LogP contribution is -2.54. The fraction of sp³-hybridized carbons (Fsp3) is 0.912. The first kappa shape index (κ1) is 156. The number of rotatable bonds is 5. The van der Waals surface area contributed by atoms with Crippen LogP contribution in [-0.4, -0.2) is 73.4 Å². The van der Waals surface area contributed by atoms with Gasteiger partial charge in [0.2, 0.25) is 0 Å². The van der Waals surface area contributed by atoms with Crippen LogP contribution in [0.4, 0.5) is 10.1 Å². The average molecular weight is 2020 g/mol. The third-order valence-electron chi connectivity index (χ3n) is 29.4. The summed E-state index contributed by atoms with van der Waals surface area (Å²) < 4.78 is 31.8. The zero-order valence-electron chi connectivity index (χ0n) is 114. The summed E-state index contributed by atoms with van der Waals surface area (Å²) in [5, 5.41) is 0. The maximum absolute atomic E-state index is 14.1. The van der Waals surface area contributed by atoms with Gasteiger partial charge in [-0.25, -0.2) is 4.39 Å². The highest BCUT2D eigenvalue weighted by atomic mass is 19.1. The molecule has 1 aliphatic heterocycles. The highest BCUT2D eigenvalue weighted by Crippen LogP contribution is 2.55. The van der Waals surface area contributed by atoms with Gasteiger partial charge in [-0.2, -0.15) is 0 Å². The standard InChI is InChI=1S/C15H23N.C15H30.C14H26.C12H26O.C11H25N.C11H22O2.C11H24.C10H21F.C10H20.C9H18O.2C9H20/c1-14(2,3)13(15(4,5)6)16-12-10-8-7-9-11-12;1-14(2,3)13(15(4,5)6)12-10-8-7-9-11-12;1-13(2,3)12(14(4,5)6)11-9-7-8-10-11;1-9-13-12(8,10(2,3)4)11(5,6)7;1-10(2,3)9(12(7)8)11(4,5)6;1-9(2,3)11(10(4,5)6)12-7-8-13-11;1-9(2,3)11(7,8)10(4,5)6;1-8(2,3)10(7,11)9(4,5)6;1-8(9(2,3)4)10(5,6)7;1-8(2,3)7(10)9(4,5)6;2*1-8(2,3)7-9(4,5)6/h7-11H,1-6H3;12-13H,7-11H2,1-6H3;7-10H2,1-6H3;9H2,1-8H3;9H,1-8H3;7-8H2,1-6H3;1-8H3;1-7H3;1H2,2-7H3;1-6H3;2*7H2,1-6H3. The molecular formula is C136H275FN2O4. The third-order valence-corrected chi connectivity index (χ3v) is 29.4. The molecule has 1 saturated heterocycles. The number of aliphatic imine (C=N–C) groups is 1. The van der Waals surface area contributed by atoms with Gasteiger partial charge in [-0.3, -0.25) is 9.79 Å². The lowest BCUT2D eigenvalue weighted by molar-refractivity contribution is -0.279. The number of nitrogens with zero attached hydrogens (tertiary/aromatic N) is 2. The lowest BCUT2D eigenvalue weighted by atomic mass is 9.56. The van der Waals surface area contributed by atoms with E-state index in [1.807, 2.05) is 101 Å². The van der Waals surface area contributed by atoms with E-state index >= 15 is 0 Å². The van der Waals surface area contributed by atoms with Gasteiger partial charge in [-0.05, 0) is 200 Å². The second kappa shape index (κ2) is 56.3. The number of para-hydroxylation sites is 1. The van der Waals surface area contributed by atoms with Gasteiger partial charge in [0.25, 0.3) is 0 Å². The number of Topliss-reactive ketones (excluding diaryl/α,β-unsaturated/α-hetero) is 1. The Bertz CT molecular complexity index is 3380. The molecule has 4 rings (SSSR count). The number of carbonyl (C=O) groups is 1. The van der Waals surface area contributed by atoms with Crippen LogP contribution in [0.15, 0.2) is 58.6 Å². The van der Waals surface area contributed by atoms with Crippen molar-refractivity contribution in [2.45, 2.75) is 627 Å². The van der Waals surface area contributed by atoms with Crippen LogP contribution in [0.25, 0.3) is 0 Å². The number of benzene rings is 1. The Morgan fingerprint density at radius 3 is 0.769 bits per heavy atom. The monoisotopic (exact) mass is 2020 g/mol. The number of hydrogen-bond donors (Lipinski definition) is 0. The Kier molecular flexibility index (Phi) is 61.4. The van der Waals surface area contributed by atoms with Gasteiger partial charge in [-0.1, -0.05) is 586 Å². The number of halogens is 1. The molecule has 7 heteroatoms. The van der Waals surface area contributed by atoms with Crippen LogP contribution < -0.4 is 0 Å². The number of allylic oxidation sites excluding steroid dienone is 3. The number of ether oxygens (including phenoxy) is 3. The summed E-state index contributed by atoms with van der Waals surface area (Å²) in [7, 11) is 4.34. The van der Waals surface area contributed by atoms with Gasteiger partial charge in [-0.15, -0.1) is 0 Å². The molecule has 0 atom stereocenters. The van der Waals surface area contributed by atoms with Gasteiger partial charge in [0.15, 0.2) is 5.79 Å². The van der Waals surface area contributed by atoms with Crippen LogP contribution in [-0.2, 0) is 19.0 Å². The Morgan fingerprint density at radius 1 is 0.371 bits per heavy atom. The van der Waals surface area contributed by atoms with Crippen LogP contribution in [0.2, 0.25) is 0 Å². The summed E-state index contributed by atoms with van der Waals surface area (Å²) in [5.74, 6) is 1.73. The highest BCUT2D eigenvalue weighted by molar-refractivity contribution is 5.95. The third kappa shape index (κ3) is 62.7. The average Bonchev–Trinajstić information content (AvgIpc) is 1.50. The van der Waals surface area contributed by atoms with Crippen molar-refractivity contribution in [3.63, 3.8) is 0 Å². The minimum atomic E-state index is -1.13. The van der Waals surface area contributed by atoms with Gasteiger partial charge in [0.1, 0.15) is 11.5 Å². The topological polar surface area (TPSA) is 60.4 Å². The predicted molar refractivity (Wildman–Crippen MR) is 655 cm³/mol. The van der Waals surface area contributed by atoms with Crippen molar-refractivity contribution in [3.05, 3.63) is 53.6 Å². The first-order valence-corrected chi connectivity index (χ1v) is 57.1. The lowest BCUT2D eigenvalue weighted by Gasteiger charge is -2.50. The van der Waals surface area contributed by atoms with E-state index in [0.717, 1.165) is 24.1 Å². The molecule has 0 spiro atoms. The molecule has 0 amide bonds. The molecule has 0 radical (unpaired) electrons. The van der Waals surface area contributed by atoms with Crippen LogP contribution in [0.5, 0.6) is 0 Å². The number of ketones is 1. The smallest absolute Gasteiger partial charge is 0.178 e.